The van der Waals surface area contributed by atoms with Gasteiger partial charge in [0.25, 0.3) is 0 Å². The standard InChI is InChI=1S/C12H12BrN5O/c1-17-11(19)4-8(16-12(17)14)7-2-3-10-15-5-9(13)18(10)6-7/h2-3,5-6,8H,4H2,1H3,(H2,14,16)/t8-/m0/s1. The Hall–Kier alpha value is -1.89. The van der Waals surface area contributed by atoms with Gasteiger partial charge in [-0.25, -0.2) is 9.98 Å². The first-order valence-corrected chi connectivity index (χ1v) is 6.58. The van der Waals surface area contributed by atoms with E-state index in [-0.39, 0.29) is 17.9 Å². The lowest BCUT2D eigenvalue weighted by Crippen LogP contribution is -2.42. The minimum absolute atomic E-state index is 0.0257. The predicted molar refractivity (Wildman–Crippen MR) is 74.6 cm³/mol. The Morgan fingerprint density at radius 1 is 1.47 bits per heavy atom. The zero-order valence-electron chi connectivity index (χ0n) is 10.2. The molecule has 0 aromatic carbocycles. The van der Waals surface area contributed by atoms with Crippen molar-refractivity contribution in [2.24, 2.45) is 10.7 Å². The van der Waals surface area contributed by atoms with E-state index in [4.69, 9.17) is 5.73 Å². The summed E-state index contributed by atoms with van der Waals surface area (Å²) in [7, 11) is 1.63. The first-order valence-electron chi connectivity index (χ1n) is 5.78. The molecule has 0 aliphatic carbocycles. The Morgan fingerprint density at radius 2 is 2.26 bits per heavy atom. The lowest BCUT2D eigenvalue weighted by molar-refractivity contribution is -0.127. The van der Waals surface area contributed by atoms with Crippen molar-refractivity contribution in [3.63, 3.8) is 0 Å². The number of guanidine groups is 1. The summed E-state index contributed by atoms with van der Waals surface area (Å²) in [5.74, 6) is 0.230. The van der Waals surface area contributed by atoms with E-state index >= 15 is 0 Å². The molecular weight excluding hydrogens is 310 g/mol. The highest BCUT2D eigenvalue weighted by atomic mass is 79.9. The maximum atomic E-state index is 11.8. The minimum atomic E-state index is -0.234. The summed E-state index contributed by atoms with van der Waals surface area (Å²) in [6.07, 6.45) is 3.98. The molecule has 0 unspecified atom stereocenters. The Kier molecular flexibility index (Phi) is 2.78. The number of nitrogens with two attached hydrogens (primary N) is 1. The van der Waals surface area contributed by atoms with Crippen LogP contribution < -0.4 is 5.73 Å². The molecule has 1 atom stereocenters. The van der Waals surface area contributed by atoms with E-state index in [0.717, 1.165) is 15.8 Å². The Morgan fingerprint density at radius 3 is 3.00 bits per heavy atom. The highest BCUT2D eigenvalue weighted by Gasteiger charge is 2.25. The number of carbonyl (C=O) groups is 1. The summed E-state index contributed by atoms with van der Waals surface area (Å²) < 4.78 is 2.77. The first-order chi connectivity index (χ1) is 9.06. The third kappa shape index (κ3) is 1.99. The van der Waals surface area contributed by atoms with Crippen molar-refractivity contribution in [2.45, 2.75) is 12.5 Å². The van der Waals surface area contributed by atoms with E-state index in [0.29, 0.717) is 6.42 Å². The number of carbonyl (C=O) groups excluding carboxylic acids is 1. The van der Waals surface area contributed by atoms with Crippen molar-refractivity contribution in [1.82, 2.24) is 14.3 Å². The van der Waals surface area contributed by atoms with Crippen LogP contribution in [0.5, 0.6) is 0 Å². The van der Waals surface area contributed by atoms with Crippen LogP contribution in [-0.2, 0) is 4.79 Å². The fourth-order valence-corrected chi connectivity index (χ4v) is 2.47. The van der Waals surface area contributed by atoms with Gasteiger partial charge in [-0.05, 0) is 27.6 Å². The average molecular weight is 322 g/mol. The van der Waals surface area contributed by atoms with Crippen LogP contribution in [0.1, 0.15) is 18.0 Å². The molecule has 3 heterocycles. The van der Waals surface area contributed by atoms with Gasteiger partial charge in [-0.2, -0.15) is 0 Å². The van der Waals surface area contributed by atoms with E-state index in [1.807, 2.05) is 22.7 Å². The van der Waals surface area contributed by atoms with Gasteiger partial charge in [0.1, 0.15) is 10.3 Å². The van der Waals surface area contributed by atoms with Crippen LogP contribution in [0, 0.1) is 0 Å². The molecule has 0 fully saturated rings. The summed E-state index contributed by atoms with van der Waals surface area (Å²) in [6, 6.07) is 3.59. The molecule has 2 aromatic heterocycles. The Labute approximate surface area is 118 Å². The number of rotatable bonds is 1. The van der Waals surface area contributed by atoms with Crippen LogP contribution in [0.25, 0.3) is 5.65 Å². The summed E-state index contributed by atoms with van der Waals surface area (Å²) in [6.45, 7) is 0. The molecule has 2 N–H and O–H groups in total. The predicted octanol–water partition coefficient (Wildman–Crippen LogP) is 1.31. The smallest absolute Gasteiger partial charge is 0.231 e. The molecule has 0 bridgehead atoms. The fourth-order valence-electron chi connectivity index (χ4n) is 2.08. The van der Waals surface area contributed by atoms with E-state index < -0.39 is 0 Å². The SMILES string of the molecule is CN1C(=O)C[C@@H](c2ccc3ncc(Br)n3c2)N=C1N. The maximum absolute atomic E-state index is 11.8. The van der Waals surface area contributed by atoms with Crippen LogP contribution in [-0.4, -0.2) is 33.2 Å². The largest absolute Gasteiger partial charge is 0.369 e. The number of hydrogen-bond acceptors (Lipinski definition) is 4. The van der Waals surface area contributed by atoms with Crippen molar-refractivity contribution in [1.29, 1.82) is 0 Å². The van der Waals surface area contributed by atoms with Crippen LogP contribution in [0.3, 0.4) is 0 Å². The highest BCUT2D eigenvalue weighted by Crippen LogP contribution is 2.26. The number of halogens is 1. The van der Waals surface area contributed by atoms with Crippen LogP contribution in [0.15, 0.2) is 34.1 Å². The zero-order chi connectivity index (χ0) is 13.6. The zero-order valence-corrected chi connectivity index (χ0v) is 11.8. The molecule has 19 heavy (non-hydrogen) atoms. The fraction of sp³-hybridized carbons (Fsp3) is 0.250. The Bertz CT molecular complexity index is 692. The van der Waals surface area contributed by atoms with Crippen molar-refractivity contribution in [2.75, 3.05) is 7.05 Å². The topological polar surface area (TPSA) is 76.0 Å². The molecule has 0 radical (unpaired) electrons. The third-order valence-corrected chi connectivity index (χ3v) is 3.83. The number of aliphatic imine (C=N–C) groups is 1. The van der Waals surface area contributed by atoms with Gasteiger partial charge in [-0.3, -0.25) is 14.1 Å². The quantitative estimate of drug-likeness (QED) is 0.860. The molecule has 1 aliphatic rings. The molecule has 3 rings (SSSR count). The number of aromatic nitrogens is 2. The van der Waals surface area contributed by atoms with E-state index in [2.05, 4.69) is 25.9 Å². The summed E-state index contributed by atoms with van der Waals surface area (Å²) in [5, 5.41) is 0. The molecule has 6 nitrogen and oxygen atoms in total. The van der Waals surface area contributed by atoms with Gasteiger partial charge in [0.15, 0.2) is 5.96 Å². The molecular formula is C12H12BrN5O. The van der Waals surface area contributed by atoms with Crippen LogP contribution in [0.4, 0.5) is 0 Å². The van der Waals surface area contributed by atoms with Crippen molar-refractivity contribution >= 4 is 33.4 Å². The van der Waals surface area contributed by atoms with Gasteiger partial charge in [-0.1, -0.05) is 6.07 Å². The number of pyridine rings is 1. The molecule has 0 saturated carbocycles. The van der Waals surface area contributed by atoms with Gasteiger partial charge in [0, 0.05) is 13.2 Å². The minimum Gasteiger partial charge on any atom is -0.369 e. The van der Waals surface area contributed by atoms with Crippen molar-refractivity contribution in [3.8, 4) is 0 Å². The summed E-state index contributed by atoms with van der Waals surface area (Å²) in [5.41, 5.74) is 7.53. The lowest BCUT2D eigenvalue weighted by atomic mass is 10.0. The molecule has 0 saturated heterocycles. The van der Waals surface area contributed by atoms with Gasteiger partial charge in [0.2, 0.25) is 5.91 Å². The average Bonchev–Trinajstić information content (AvgIpc) is 2.77. The normalized spacial score (nSPS) is 19.9. The second-order valence-electron chi connectivity index (χ2n) is 4.43. The van der Waals surface area contributed by atoms with Gasteiger partial charge in [0.05, 0.1) is 18.7 Å². The number of amides is 1. The van der Waals surface area contributed by atoms with Crippen molar-refractivity contribution in [3.05, 3.63) is 34.7 Å². The van der Waals surface area contributed by atoms with Crippen LogP contribution >= 0.6 is 15.9 Å². The Balaban J connectivity index is 2.05. The first kappa shape index (κ1) is 12.2. The maximum Gasteiger partial charge on any atom is 0.231 e. The van der Waals surface area contributed by atoms with Crippen LogP contribution in [0.2, 0.25) is 0 Å². The second-order valence-corrected chi connectivity index (χ2v) is 5.24. The summed E-state index contributed by atoms with van der Waals surface area (Å²) in [4.78, 5) is 21.8. The molecule has 1 aliphatic heterocycles. The summed E-state index contributed by atoms with van der Waals surface area (Å²) >= 11 is 3.42. The lowest BCUT2D eigenvalue weighted by Gasteiger charge is -2.25. The molecule has 2 aromatic rings. The van der Waals surface area contributed by atoms with Gasteiger partial charge >= 0.3 is 0 Å². The van der Waals surface area contributed by atoms with E-state index in [9.17, 15) is 4.79 Å². The molecule has 7 heteroatoms. The molecule has 1 amide bonds. The number of imidazole rings is 1. The highest BCUT2D eigenvalue weighted by molar-refractivity contribution is 9.10. The third-order valence-electron chi connectivity index (χ3n) is 3.24. The molecule has 0 spiro atoms. The number of nitrogens with zero attached hydrogens (tertiary/aromatic N) is 4. The van der Waals surface area contributed by atoms with E-state index in [1.54, 1.807) is 13.2 Å². The van der Waals surface area contributed by atoms with Gasteiger partial charge in [-0.15, -0.1) is 0 Å². The molecule has 98 valence electrons. The number of hydrogen-bond donors (Lipinski definition) is 1. The monoisotopic (exact) mass is 321 g/mol. The number of fused-ring (bicyclic) bond motifs is 1. The van der Waals surface area contributed by atoms with E-state index in [1.165, 1.54) is 4.90 Å². The second kappa shape index (κ2) is 4.34. The van der Waals surface area contributed by atoms with Crippen molar-refractivity contribution < 1.29 is 4.79 Å². The van der Waals surface area contributed by atoms with Gasteiger partial charge < -0.3 is 5.73 Å².